The number of likely N-dealkylation sites (tertiary alicyclic amines) is 1. The molecule has 0 unspecified atom stereocenters. The first-order valence-electron chi connectivity index (χ1n) is 10.1. The molecule has 0 atom stereocenters. The molecule has 0 aromatic heterocycles. The van der Waals surface area contributed by atoms with E-state index >= 15 is 0 Å². The van der Waals surface area contributed by atoms with Gasteiger partial charge in [-0.05, 0) is 51.3 Å². The minimum atomic E-state index is -0.671. The summed E-state index contributed by atoms with van der Waals surface area (Å²) in [5, 5.41) is 4.01. The van der Waals surface area contributed by atoms with E-state index in [4.69, 9.17) is 4.74 Å². The van der Waals surface area contributed by atoms with Crippen LogP contribution in [0.25, 0.3) is 0 Å². The number of anilines is 1. The third-order valence-electron chi connectivity index (χ3n) is 4.35. The largest absolute Gasteiger partial charge is 0.443 e. The Hall–Kier alpha value is -2.77. The SMILES string of the molecule is CC(=O)Nc1ccc(CN(NC(=O)OC(C)(C)C)C(=O)N2CCCCCC2)cc1. The quantitative estimate of drug-likeness (QED) is 0.748. The Balaban J connectivity index is 2.13. The molecule has 0 radical (unpaired) electrons. The molecule has 1 heterocycles. The third-order valence-corrected chi connectivity index (χ3v) is 4.35. The Labute approximate surface area is 172 Å². The van der Waals surface area contributed by atoms with Gasteiger partial charge in [0.1, 0.15) is 5.60 Å². The number of ether oxygens (including phenoxy) is 1. The van der Waals surface area contributed by atoms with Crippen LogP contribution in [-0.4, -0.2) is 46.6 Å². The van der Waals surface area contributed by atoms with Crippen LogP contribution >= 0.6 is 0 Å². The summed E-state index contributed by atoms with van der Waals surface area (Å²) in [6.45, 7) is 8.30. The zero-order chi connectivity index (χ0) is 21.4. The second kappa shape index (κ2) is 10.1. The summed E-state index contributed by atoms with van der Waals surface area (Å²) in [5.41, 5.74) is 3.42. The molecule has 0 spiro atoms. The van der Waals surface area contributed by atoms with E-state index < -0.39 is 11.7 Å². The number of hydrogen-bond donors (Lipinski definition) is 2. The lowest BCUT2D eigenvalue weighted by Gasteiger charge is -2.31. The van der Waals surface area contributed by atoms with Crippen LogP contribution in [0, 0.1) is 0 Å². The summed E-state index contributed by atoms with van der Waals surface area (Å²) in [6.07, 6.45) is 3.45. The van der Waals surface area contributed by atoms with Crippen LogP contribution in [0.2, 0.25) is 0 Å². The van der Waals surface area contributed by atoms with E-state index in [9.17, 15) is 14.4 Å². The number of rotatable bonds is 3. The highest BCUT2D eigenvalue weighted by molar-refractivity contribution is 5.88. The molecule has 4 amide bonds. The molecule has 1 aliphatic heterocycles. The van der Waals surface area contributed by atoms with Gasteiger partial charge in [-0.15, -0.1) is 0 Å². The second-order valence-corrected chi connectivity index (χ2v) is 8.26. The van der Waals surface area contributed by atoms with Gasteiger partial charge in [-0.2, -0.15) is 0 Å². The van der Waals surface area contributed by atoms with Crippen LogP contribution in [0.4, 0.5) is 15.3 Å². The molecule has 8 heteroatoms. The monoisotopic (exact) mass is 404 g/mol. The summed E-state index contributed by atoms with van der Waals surface area (Å²) >= 11 is 0. The Morgan fingerprint density at radius 1 is 1.03 bits per heavy atom. The summed E-state index contributed by atoms with van der Waals surface area (Å²) in [7, 11) is 0. The Bertz CT molecular complexity index is 704. The second-order valence-electron chi connectivity index (χ2n) is 8.26. The zero-order valence-corrected chi connectivity index (χ0v) is 17.8. The number of amides is 4. The number of carbonyl (C=O) groups excluding carboxylic acids is 3. The maximum atomic E-state index is 13.1. The molecule has 8 nitrogen and oxygen atoms in total. The van der Waals surface area contributed by atoms with Gasteiger partial charge in [0, 0.05) is 25.7 Å². The third kappa shape index (κ3) is 8.01. The highest BCUT2D eigenvalue weighted by atomic mass is 16.6. The van der Waals surface area contributed by atoms with E-state index in [1.54, 1.807) is 37.8 Å². The van der Waals surface area contributed by atoms with Crippen LogP contribution < -0.4 is 10.7 Å². The van der Waals surface area contributed by atoms with Crippen LogP contribution in [0.1, 0.15) is 58.9 Å². The predicted octanol–water partition coefficient (Wildman–Crippen LogP) is 3.88. The van der Waals surface area contributed by atoms with Gasteiger partial charge in [0.05, 0.1) is 6.54 Å². The molecule has 1 aromatic carbocycles. The summed E-state index contributed by atoms with van der Waals surface area (Å²) in [6, 6.07) is 6.90. The van der Waals surface area contributed by atoms with Crippen LogP contribution in [0.15, 0.2) is 24.3 Å². The molecule has 160 valence electrons. The minimum absolute atomic E-state index is 0.151. The molecule has 1 saturated heterocycles. The molecular weight excluding hydrogens is 372 g/mol. The van der Waals surface area contributed by atoms with Crippen molar-refractivity contribution in [3.8, 4) is 0 Å². The van der Waals surface area contributed by atoms with Crippen LogP contribution in [0.5, 0.6) is 0 Å². The number of benzene rings is 1. The van der Waals surface area contributed by atoms with Crippen molar-refractivity contribution >= 4 is 23.7 Å². The number of hydrogen-bond acceptors (Lipinski definition) is 4. The minimum Gasteiger partial charge on any atom is -0.443 e. The first-order chi connectivity index (χ1) is 13.6. The van der Waals surface area contributed by atoms with E-state index in [-0.39, 0.29) is 18.5 Å². The molecule has 29 heavy (non-hydrogen) atoms. The summed E-state index contributed by atoms with van der Waals surface area (Å²) in [4.78, 5) is 38.3. The highest BCUT2D eigenvalue weighted by Crippen LogP contribution is 2.15. The fourth-order valence-electron chi connectivity index (χ4n) is 3.08. The average Bonchev–Trinajstić information content (AvgIpc) is 2.89. The summed E-state index contributed by atoms with van der Waals surface area (Å²) < 4.78 is 5.32. The molecule has 2 rings (SSSR count). The Morgan fingerprint density at radius 2 is 1.62 bits per heavy atom. The fraction of sp³-hybridized carbons (Fsp3) is 0.571. The smallest absolute Gasteiger partial charge is 0.426 e. The number of hydrazine groups is 1. The standard InChI is InChI=1S/C21H32N4O4/c1-16(26)22-18-11-9-17(10-12-18)15-25(23-19(27)29-21(2,3)4)20(28)24-13-7-5-6-8-14-24/h9-12H,5-8,13-15H2,1-4H3,(H,22,26)(H,23,27). The summed E-state index contributed by atoms with van der Waals surface area (Å²) in [5.74, 6) is -0.151. The van der Waals surface area contributed by atoms with Gasteiger partial charge in [0.15, 0.2) is 0 Å². The van der Waals surface area contributed by atoms with Gasteiger partial charge in [-0.3, -0.25) is 4.79 Å². The van der Waals surface area contributed by atoms with Gasteiger partial charge in [-0.25, -0.2) is 20.0 Å². The van der Waals surface area contributed by atoms with Crippen molar-refractivity contribution in [1.82, 2.24) is 15.3 Å². The Morgan fingerprint density at radius 3 is 2.14 bits per heavy atom. The lowest BCUT2D eigenvalue weighted by atomic mass is 10.2. The molecule has 0 bridgehead atoms. The average molecular weight is 405 g/mol. The van der Waals surface area contributed by atoms with Crippen molar-refractivity contribution < 1.29 is 19.1 Å². The van der Waals surface area contributed by atoms with Crippen molar-refractivity contribution in [2.75, 3.05) is 18.4 Å². The molecule has 0 aliphatic carbocycles. The fourth-order valence-corrected chi connectivity index (χ4v) is 3.08. The predicted molar refractivity (Wildman–Crippen MR) is 111 cm³/mol. The van der Waals surface area contributed by atoms with Crippen molar-refractivity contribution in [2.45, 2.75) is 65.5 Å². The van der Waals surface area contributed by atoms with E-state index in [2.05, 4.69) is 10.7 Å². The molecule has 0 saturated carbocycles. The number of nitrogens with one attached hydrogen (secondary N) is 2. The van der Waals surface area contributed by atoms with E-state index in [0.29, 0.717) is 18.8 Å². The normalized spacial score (nSPS) is 14.6. The molecule has 1 fully saturated rings. The molecule has 2 N–H and O–H groups in total. The van der Waals surface area contributed by atoms with Crippen molar-refractivity contribution in [3.05, 3.63) is 29.8 Å². The van der Waals surface area contributed by atoms with Crippen molar-refractivity contribution in [1.29, 1.82) is 0 Å². The number of urea groups is 1. The van der Waals surface area contributed by atoms with E-state index in [0.717, 1.165) is 31.2 Å². The first-order valence-corrected chi connectivity index (χ1v) is 10.1. The lowest BCUT2D eigenvalue weighted by molar-refractivity contribution is -0.114. The zero-order valence-electron chi connectivity index (χ0n) is 17.8. The van der Waals surface area contributed by atoms with Crippen LogP contribution in [-0.2, 0) is 16.1 Å². The Kier molecular flexibility index (Phi) is 7.87. The van der Waals surface area contributed by atoms with Gasteiger partial charge in [0.25, 0.3) is 0 Å². The van der Waals surface area contributed by atoms with E-state index in [1.807, 2.05) is 12.1 Å². The molecule has 1 aliphatic rings. The highest BCUT2D eigenvalue weighted by Gasteiger charge is 2.26. The number of carbonyl (C=O) groups is 3. The van der Waals surface area contributed by atoms with Crippen molar-refractivity contribution in [2.24, 2.45) is 0 Å². The van der Waals surface area contributed by atoms with Crippen molar-refractivity contribution in [3.63, 3.8) is 0 Å². The van der Waals surface area contributed by atoms with Gasteiger partial charge in [-0.1, -0.05) is 25.0 Å². The van der Waals surface area contributed by atoms with Crippen LogP contribution in [0.3, 0.4) is 0 Å². The van der Waals surface area contributed by atoms with Gasteiger partial charge >= 0.3 is 12.1 Å². The molecule has 1 aromatic rings. The topological polar surface area (TPSA) is 91.0 Å². The number of nitrogens with zero attached hydrogens (tertiary/aromatic N) is 2. The maximum absolute atomic E-state index is 13.1. The lowest BCUT2D eigenvalue weighted by Crippen LogP contribution is -2.52. The first kappa shape index (κ1) is 22.5. The molecular formula is C21H32N4O4. The maximum Gasteiger partial charge on any atom is 0.426 e. The van der Waals surface area contributed by atoms with Gasteiger partial charge in [0.2, 0.25) is 5.91 Å². The van der Waals surface area contributed by atoms with E-state index in [1.165, 1.54) is 11.9 Å². The van der Waals surface area contributed by atoms with Gasteiger partial charge < -0.3 is 15.0 Å².